The lowest BCUT2D eigenvalue weighted by Gasteiger charge is -2.21. The number of hydrogen-bond donors (Lipinski definition) is 3. The molecule has 0 amide bonds. The molecule has 0 unspecified atom stereocenters. The molecule has 25 heavy (non-hydrogen) atoms. The Morgan fingerprint density at radius 3 is 2.24 bits per heavy atom. The molecule has 0 aliphatic carbocycles. The van der Waals surface area contributed by atoms with Crippen LogP contribution in [0.5, 0.6) is 17.2 Å². The van der Waals surface area contributed by atoms with Gasteiger partial charge in [0.2, 0.25) is 0 Å². The zero-order valence-electron chi connectivity index (χ0n) is 13.4. The second kappa shape index (κ2) is 9.28. The van der Waals surface area contributed by atoms with Crippen molar-refractivity contribution in [2.24, 2.45) is 5.73 Å². The van der Waals surface area contributed by atoms with Gasteiger partial charge in [0.05, 0.1) is 0 Å². The van der Waals surface area contributed by atoms with E-state index in [-0.39, 0.29) is 5.75 Å². The molecule has 4 N–H and O–H groups in total. The molecule has 0 saturated carbocycles. The van der Waals surface area contributed by atoms with Crippen molar-refractivity contribution in [2.75, 3.05) is 6.54 Å². The minimum atomic E-state index is -0.885. The third-order valence-electron chi connectivity index (χ3n) is 3.46. The van der Waals surface area contributed by atoms with Gasteiger partial charge in [0.25, 0.3) is 0 Å². The van der Waals surface area contributed by atoms with Gasteiger partial charge in [-0.2, -0.15) is 0 Å². The first-order valence-electron chi connectivity index (χ1n) is 7.57. The Morgan fingerprint density at radius 1 is 1.16 bits per heavy atom. The van der Waals surface area contributed by atoms with Crippen molar-refractivity contribution in [3.8, 4) is 17.2 Å². The number of carbonyl (C=O) groups is 1. The Bertz CT molecular complexity index is 717. The molecule has 0 aliphatic rings. The number of carboxylic acids is 1. The summed E-state index contributed by atoms with van der Waals surface area (Å²) in [5.41, 5.74) is 6.20. The Morgan fingerprint density at radius 2 is 1.72 bits per heavy atom. The summed E-state index contributed by atoms with van der Waals surface area (Å²) in [7, 11) is 0. The number of rotatable bonds is 8. The average molecular weight is 454 g/mol. The van der Waals surface area contributed by atoms with Gasteiger partial charge in [0.15, 0.2) is 0 Å². The predicted molar refractivity (Wildman–Crippen MR) is 104 cm³/mol. The fourth-order valence-electron chi connectivity index (χ4n) is 2.16. The Hall–Kier alpha value is -2.26. The highest BCUT2D eigenvalue weighted by atomic mass is 127. The standard InChI is InChI=1S/C18H19IN2O4/c19-21(11-1-10-20)17(18(23)24)12-13-2-6-15(7-3-13)25-16-8-4-14(22)5-9-16/h1-10,17,22H,11-12,20H2,(H,23,24)/t17-/m0/s1. The van der Waals surface area contributed by atoms with Crippen LogP contribution in [0.3, 0.4) is 0 Å². The van der Waals surface area contributed by atoms with Crippen LogP contribution >= 0.6 is 22.9 Å². The summed E-state index contributed by atoms with van der Waals surface area (Å²) in [6.45, 7) is 0.454. The molecule has 132 valence electrons. The van der Waals surface area contributed by atoms with E-state index in [1.54, 1.807) is 45.6 Å². The van der Waals surface area contributed by atoms with Crippen molar-refractivity contribution in [2.45, 2.75) is 12.5 Å². The van der Waals surface area contributed by atoms with E-state index in [4.69, 9.17) is 10.5 Å². The van der Waals surface area contributed by atoms with E-state index in [9.17, 15) is 15.0 Å². The van der Waals surface area contributed by atoms with Crippen LogP contribution in [0, 0.1) is 0 Å². The number of nitrogens with zero attached hydrogens (tertiary/aromatic N) is 1. The molecule has 0 aliphatic heterocycles. The third kappa shape index (κ3) is 5.95. The SMILES string of the molecule is NC=CCN(I)[C@@H](Cc1ccc(Oc2ccc(O)cc2)cc1)C(=O)O. The molecule has 0 spiro atoms. The van der Waals surface area contributed by atoms with Crippen molar-refractivity contribution in [3.05, 3.63) is 66.4 Å². The summed E-state index contributed by atoms with van der Waals surface area (Å²) in [6, 6.07) is 13.0. The van der Waals surface area contributed by atoms with Crippen LogP contribution in [-0.2, 0) is 11.2 Å². The summed E-state index contributed by atoms with van der Waals surface area (Å²) in [4.78, 5) is 11.5. The fourth-order valence-corrected chi connectivity index (χ4v) is 2.82. The second-order valence-electron chi connectivity index (χ2n) is 5.31. The molecule has 2 rings (SSSR count). The van der Waals surface area contributed by atoms with Crippen LogP contribution in [0.25, 0.3) is 0 Å². The van der Waals surface area contributed by atoms with Gasteiger partial charge in [-0.3, -0.25) is 4.79 Å². The minimum Gasteiger partial charge on any atom is -0.508 e. The van der Waals surface area contributed by atoms with Gasteiger partial charge in [0, 0.05) is 29.4 Å². The molecule has 0 bridgehead atoms. The van der Waals surface area contributed by atoms with E-state index >= 15 is 0 Å². The number of aromatic hydroxyl groups is 1. The van der Waals surface area contributed by atoms with Crippen molar-refractivity contribution in [3.63, 3.8) is 0 Å². The van der Waals surface area contributed by atoms with Crippen LogP contribution in [0.1, 0.15) is 5.56 Å². The van der Waals surface area contributed by atoms with E-state index in [0.29, 0.717) is 24.5 Å². The lowest BCUT2D eigenvalue weighted by atomic mass is 10.1. The maximum Gasteiger partial charge on any atom is 0.322 e. The second-order valence-corrected chi connectivity index (χ2v) is 6.55. The highest BCUT2D eigenvalue weighted by Crippen LogP contribution is 2.24. The quantitative estimate of drug-likeness (QED) is 0.419. The zero-order chi connectivity index (χ0) is 18.2. The van der Waals surface area contributed by atoms with Gasteiger partial charge in [0.1, 0.15) is 23.3 Å². The monoisotopic (exact) mass is 454 g/mol. The number of halogens is 1. The number of benzene rings is 2. The average Bonchev–Trinajstić information content (AvgIpc) is 2.60. The number of carboxylic acid groups (broad SMARTS) is 1. The van der Waals surface area contributed by atoms with Gasteiger partial charge in [-0.15, -0.1) is 0 Å². The van der Waals surface area contributed by atoms with Crippen molar-refractivity contribution >= 4 is 28.8 Å². The van der Waals surface area contributed by atoms with E-state index in [1.807, 2.05) is 35.0 Å². The first-order valence-corrected chi connectivity index (χ1v) is 8.54. The van der Waals surface area contributed by atoms with Crippen LogP contribution < -0.4 is 10.5 Å². The van der Waals surface area contributed by atoms with E-state index in [0.717, 1.165) is 5.56 Å². The lowest BCUT2D eigenvalue weighted by molar-refractivity contribution is -0.140. The first-order chi connectivity index (χ1) is 12.0. The topological polar surface area (TPSA) is 96.0 Å². The maximum atomic E-state index is 11.5. The predicted octanol–water partition coefficient (Wildman–Crippen LogP) is 3.30. The highest BCUT2D eigenvalue weighted by Gasteiger charge is 2.23. The van der Waals surface area contributed by atoms with Crippen LogP contribution in [-0.4, -0.2) is 31.9 Å². The molecule has 6 nitrogen and oxygen atoms in total. The van der Waals surface area contributed by atoms with E-state index in [2.05, 4.69) is 0 Å². The van der Waals surface area contributed by atoms with Gasteiger partial charge in [-0.1, -0.05) is 18.2 Å². The molecule has 0 radical (unpaired) electrons. The molecule has 2 aromatic rings. The number of aliphatic carboxylic acids is 1. The van der Waals surface area contributed by atoms with Crippen molar-refractivity contribution in [1.82, 2.24) is 3.11 Å². The van der Waals surface area contributed by atoms with E-state index < -0.39 is 12.0 Å². The number of hydrogen-bond acceptors (Lipinski definition) is 5. The molecule has 1 atom stereocenters. The molecule has 0 fully saturated rings. The molecule has 0 aromatic heterocycles. The zero-order valence-corrected chi connectivity index (χ0v) is 15.5. The number of phenols is 1. The van der Waals surface area contributed by atoms with Crippen LogP contribution in [0.15, 0.2) is 60.8 Å². The summed E-state index contributed by atoms with van der Waals surface area (Å²) in [6.07, 6.45) is 3.48. The molecular formula is C18H19IN2O4. The summed E-state index contributed by atoms with van der Waals surface area (Å²) >= 11 is 1.99. The number of phenolic OH excluding ortho intramolecular Hbond substituents is 1. The molecule has 7 heteroatoms. The first kappa shape index (κ1) is 19.1. The maximum absolute atomic E-state index is 11.5. The Kier molecular flexibility index (Phi) is 7.08. The summed E-state index contributed by atoms with van der Waals surface area (Å²) in [5, 5.41) is 18.7. The molecule has 0 saturated heterocycles. The van der Waals surface area contributed by atoms with Gasteiger partial charge in [-0.05, 0) is 54.6 Å². The number of ether oxygens (including phenoxy) is 1. The van der Waals surface area contributed by atoms with Crippen LogP contribution in [0.2, 0.25) is 0 Å². The van der Waals surface area contributed by atoms with Gasteiger partial charge in [-0.25, -0.2) is 3.11 Å². The van der Waals surface area contributed by atoms with Crippen molar-refractivity contribution < 1.29 is 19.7 Å². The largest absolute Gasteiger partial charge is 0.508 e. The third-order valence-corrected chi connectivity index (χ3v) is 4.53. The lowest BCUT2D eigenvalue weighted by Crippen LogP contribution is -2.36. The van der Waals surface area contributed by atoms with Gasteiger partial charge >= 0.3 is 5.97 Å². The summed E-state index contributed by atoms with van der Waals surface area (Å²) < 4.78 is 7.38. The smallest absolute Gasteiger partial charge is 0.322 e. The van der Waals surface area contributed by atoms with Gasteiger partial charge < -0.3 is 20.7 Å². The fraction of sp³-hybridized carbons (Fsp3) is 0.167. The highest BCUT2D eigenvalue weighted by molar-refractivity contribution is 14.1. The van der Waals surface area contributed by atoms with Crippen LogP contribution in [0.4, 0.5) is 0 Å². The van der Waals surface area contributed by atoms with E-state index in [1.165, 1.54) is 6.20 Å². The molecule has 0 heterocycles. The van der Waals surface area contributed by atoms with Crippen molar-refractivity contribution in [1.29, 1.82) is 0 Å². The Labute approximate surface area is 160 Å². The normalized spacial score (nSPS) is 12.4. The molecule has 2 aromatic carbocycles. The Balaban J connectivity index is 2.02. The molecular weight excluding hydrogens is 435 g/mol. The summed E-state index contributed by atoms with van der Waals surface area (Å²) in [5.74, 6) is 0.541. The number of nitrogens with two attached hydrogens (primary N) is 1. The minimum absolute atomic E-state index is 0.176.